The van der Waals surface area contributed by atoms with Crippen molar-refractivity contribution in [1.29, 1.82) is 0 Å². The highest BCUT2D eigenvalue weighted by molar-refractivity contribution is 5.97. The molecule has 1 aromatic rings. The summed E-state index contributed by atoms with van der Waals surface area (Å²) in [6.07, 6.45) is -4.60. The van der Waals surface area contributed by atoms with Crippen LogP contribution in [0.2, 0.25) is 0 Å². The summed E-state index contributed by atoms with van der Waals surface area (Å²) in [5.41, 5.74) is 3.76. The number of primary amides is 1. The van der Waals surface area contributed by atoms with E-state index in [-0.39, 0.29) is 30.3 Å². The molecule has 0 aliphatic heterocycles. The third-order valence-corrected chi connectivity index (χ3v) is 2.47. The molecule has 21 heavy (non-hydrogen) atoms. The molecule has 0 fully saturated rings. The Morgan fingerprint density at radius 3 is 2.52 bits per heavy atom. The molecule has 1 aromatic heterocycles. The first-order valence-corrected chi connectivity index (χ1v) is 6.14. The molecule has 0 saturated heterocycles. The first-order valence-electron chi connectivity index (χ1n) is 6.14. The van der Waals surface area contributed by atoms with Gasteiger partial charge in [0.05, 0.1) is 5.56 Å². The van der Waals surface area contributed by atoms with Gasteiger partial charge in [0.15, 0.2) is 0 Å². The monoisotopic (exact) mass is 304 g/mol. The Labute approximate surface area is 118 Å². The lowest BCUT2D eigenvalue weighted by molar-refractivity contribution is -0.141. The van der Waals surface area contributed by atoms with E-state index < -0.39 is 17.8 Å². The third-order valence-electron chi connectivity index (χ3n) is 2.47. The van der Waals surface area contributed by atoms with Crippen molar-refractivity contribution in [2.24, 2.45) is 5.73 Å². The predicted molar refractivity (Wildman–Crippen MR) is 69.5 cm³/mol. The van der Waals surface area contributed by atoms with Crippen LogP contribution in [-0.2, 0) is 11.0 Å². The Bertz CT molecular complexity index is 532. The normalized spacial score (nSPS) is 11.0. The van der Waals surface area contributed by atoms with Crippen molar-refractivity contribution < 1.29 is 22.8 Å². The average molecular weight is 304 g/mol. The van der Waals surface area contributed by atoms with Crippen molar-refractivity contribution in [3.63, 3.8) is 0 Å². The molecule has 0 atom stereocenters. The highest BCUT2D eigenvalue weighted by atomic mass is 19.4. The number of amides is 2. The van der Waals surface area contributed by atoms with E-state index in [2.05, 4.69) is 15.6 Å². The van der Waals surface area contributed by atoms with Crippen LogP contribution in [0.3, 0.4) is 0 Å². The molecule has 1 rings (SSSR count). The molecule has 9 heteroatoms. The zero-order valence-corrected chi connectivity index (χ0v) is 11.3. The Hall–Kier alpha value is -2.32. The van der Waals surface area contributed by atoms with Crippen LogP contribution in [-0.4, -0.2) is 29.9 Å². The molecule has 4 N–H and O–H groups in total. The lowest BCUT2D eigenvalue weighted by Gasteiger charge is -2.12. The summed E-state index contributed by atoms with van der Waals surface area (Å²) < 4.78 is 37.7. The Kier molecular flexibility index (Phi) is 5.51. The largest absolute Gasteiger partial charge is 0.433 e. The number of carbonyl (C=O) groups is 2. The van der Waals surface area contributed by atoms with Crippen LogP contribution in [0.1, 0.15) is 29.4 Å². The Morgan fingerprint density at radius 1 is 1.33 bits per heavy atom. The first-order chi connectivity index (χ1) is 9.75. The molecule has 0 unspecified atom stereocenters. The van der Waals surface area contributed by atoms with Gasteiger partial charge in [0.1, 0.15) is 11.5 Å². The molecule has 0 radical (unpaired) electrons. The fraction of sp³-hybridized carbons (Fsp3) is 0.417. The fourth-order valence-electron chi connectivity index (χ4n) is 1.53. The van der Waals surface area contributed by atoms with Crippen molar-refractivity contribution >= 4 is 17.6 Å². The molecule has 0 aromatic carbocycles. The van der Waals surface area contributed by atoms with Gasteiger partial charge in [-0.25, -0.2) is 4.98 Å². The second-order valence-corrected chi connectivity index (χ2v) is 4.08. The SMILES string of the molecule is CCNC(=O)CCNc1nc(C(F)(F)F)ccc1C(N)=O. The van der Waals surface area contributed by atoms with Crippen molar-refractivity contribution in [3.05, 3.63) is 23.4 Å². The van der Waals surface area contributed by atoms with Crippen LogP contribution in [0.25, 0.3) is 0 Å². The molecular formula is C12H15F3N4O2. The number of rotatable bonds is 6. The molecule has 6 nitrogen and oxygen atoms in total. The van der Waals surface area contributed by atoms with Crippen molar-refractivity contribution in [1.82, 2.24) is 10.3 Å². The molecule has 0 aliphatic rings. The Morgan fingerprint density at radius 2 is 2.00 bits per heavy atom. The van der Waals surface area contributed by atoms with Gasteiger partial charge in [0.2, 0.25) is 5.91 Å². The van der Waals surface area contributed by atoms with Gasteiger partial charge in [-0.15, -0.1) is 0 Å². The van der Waals surface area contributed by atoms with Crippen molar-refractivity contribution in [3.8, 4) is 0 Å². The van der Waals surface area contributed by atoms with Crippen molar-refractivity contribution in [2.45, 2.75) is 19.5 Å². The summed E-state index contributed by atoms with van der Waals surface area (Å²) in [7, 11) is 0. The summed E-state index contributed by atoms with van der Waals surface area (Å²) >= 11 is 0. The van der Waals surface area contributed by atoms with Gasteiger partial charge >= 0.3 is 6.18 Å². The zero-order valence-electron chi connectivity index (χ0n) is 11.3. The standard InChI is InChI=1S/C12H15F3N4O2/c1-2-17-9(20)5-6-18-11-7(10(16)21)3-4-8(19-11)12(13,14)15/h3-4H,2,5-6H2,1H3,(H2,16,21)(H,17,20)(H,18,19). The van der Waals surface area contributed by atoms with E-state index in [1.165, 1.54) is 0 Å². The van der Waals surface area contributed by atoms with E-state index >= 15 is 0 Å². The second-order valence-electron chi connectivity index (χ2n) is 4.08. The molecule has 0 bridgehead atoms. The van der Waals surface area contributed by atoms with Crippen molar-refractivity contribution in [2.75, 3.05) is 18.4 Å². The van der Waals surface area contributed by atoms with E-state index in [9.17, 15) is 22.8 Å². The average Bonchev–Trinajstić information content (AvgIpc) is 2.37. The summed E-state index contributed by atoms with van der Waals surface area (Å²) in [6.45, 7) is 2.22. The van der Waals surface area contributed by atoms with Crippen LogP contribution < -0.4 is 16.4 Å². The van der Waals surface area contributed by atoms with E-state index in [0.29, 0.717) is 12.6 Å². The third kappa shape index (κ3) is 4.93. The number of pyridine rings is 1. The molecule has 0 saturated carbocycles. The van der Waals surface area contributed by atoms with Gasteiger partial charge < -0.3 is 16.4 Å². The number of hydrogen-bond donors (Lipinski definition) is 3. The van der Waals surface area contributed by atoms with Gasteiger partial charge in [-0.05, 0) is 19.1 Å². The lowest BCUT2D eigenvalue weighted by Crippen LogP contribution is -2.25. The van der Waals surface area contributed by atoms with E-state index in [4.69, 9.17) is 5.73 Å². The van der Waals surface area contributed by atoms with Gasteiger partial charge in [-0.1, -0.05) is 0 Å². The quantitative estimate of drug-likeness (QED) is 0.734. The second kappa shape index (κ2) is 6.91. The number of nitrogens with two attached hydrogens (primary N) is 1. The maximum Gasteiger partial charge on any atom is 0.433 e. The smallest absolute Gasteiger partial charge is 0.369 e. The summed E-state index contributed by atoms with van der Waals surface area (Å²) in [4.78, 5) is 25.7. The number of hydrogen-bond acceptors (Lipinski definition) is 4. The van der Waals surface area contributed by atoms with Gasteiger partial charge in [0.25, 0.3) is 5.91 Å². The number of aromatic nitrogens is 1. The number of alkyl halides is 3. The van der Waals surface area contributed by atoms with Gasteiger partial charge in [0, 0.05) is 19.5 Å². The fourth-order valence-corrected chi connectivity index (χ4v) is 1.53. The highest BCUT2D eigenvalue weighted by Crippen LogP contribution is 2.29. The van der Waals surface area contributed by atoms with Gasteiger partial charge in [-0.2, -0.15) is 13.2 Å². The number of halogens is 3. The maximum atomic E-state index is 12.6. The topological polar surface area (TPSA) is 97.1 Å². The number of carbonyl (C=O) groups excluding carboxylic acids is 2. The minimum atomic E-state index is -4.63. The minimum Gasteiger partial charge on any atom is -0.369 e. The Balaban J connectivity index is 2.87. The summed E-state index contributed by atoms with van der Waals surface area (Å²) in [5, 5.41) is 5.06. The molecule has 0 spiro atoms. The van der Waals surface area contributed by atoms with Crippen LogP contribution >= 0.6 is 0 Å². The van der Waals surface area contributed by atoms with Crippen LogP contribution in [0.5, 0.6) is 0 Å². The summed E-state index contributed by atoms with van der Waals surface area (Å²) in [5.74, 6) is -1.46. The summed E-state index contributed by atoms with van der Waals surface area (Å²) in [6, 6.07) is 1.63. The van der Waals surface area contributed by atoms with E-state index in [0.717, 1.165) is 6.07 Å². The zero-order chi connectivity index (χ0) is 16.0. The maximum absolute atomic E-state index is 12.6. The molecule has 1 heterocycles. The van der Waals surface area contributed by atoms with Crippen LogP contribution in [0.15, 0.2) is 12.1 Å². The van der Waals surface area contributed by atoms with Gasteiger partial charge in [-0.3, -0.25) is 9.59 Å². The first kappa shape index (κ1) is 16.7. The highest BCUT2D eigenvalue weighted by Gasteiger charge is 2.33. The molecular weight excluding hydrogens is 289 g/mol. The minimum absolute atomic E-state index is 0.0282. The number of anilines is 1. The van der Waals surface area contributed by atoms with Crippen LogP contribution in [0, 0.1) is 0 Å². The van der Waals surface area contributed by atoms with Crippen LogP contribution in [0.4, 0.5) is 19.0 Å². The lowest BCUT2D eigenvalue weighted by atomic mass is 10.2. The molecule has 2 amide bonds. The number of nitrogens with one attached hydrogen (secondary N) is 2. The van der Waals surface area contributed by atoms with E-state index in [1.54, 1.807) is 6.92 Å². The molecule has 116 valence electrons. The molecule has 0 aliphatic carbocycles. The predicted octanol–water partition coefficient (Wildman–Crippen LogP) is 1.14. The van der Waals surface area contributed by atoms with E-state index in [1.807, 2.05) is 0 Å². The number of nitrogens with zero attached hydrogens (tertiary/aromatic N) is 1.